The van der Waals surface area contributed by atoms with E-state index in [0.29, 0.717) is 0 Å². The van der Waals surface area contributed by atoms with Crippen molar-refractivity contribution < 1.29 is 14.3 Å². The molecule has 3 rings (SSSR count). The minimum Gasteiger partial charge on any atom is -0.497 e. The number of hydrogen-bond donors (Lipinski definition) is 1. The van der Waals surface area contributed by atoms with Crippen LogP contribution in [0.2, 0.25) is 0 Å². The average molecular weight is 332 g/mol. The molecule has 1 aromatic carbocycles. The topological polar surface area (TPSA) is 50.8 Å². The Hall–Kier alpha value is -1.75. The van der Waals surface area contributed by atoms with Gasteiger partial charge in [0.15, 0.2) is 0 Å². The van der Waals surface area contributed by atoms with E-state index in [4.69, 9.17) is 9.47 Å². The summed E-state index contributed by atoms with van der Waals surface area (Å²) in [6.07, 6.45) is 5.98. The van der Waals surface area contributed by atoms with Gasteiger partial charge < -0.3 is 19.7 Å². The van der Waals surface area contributed by atoms with Crippen molar-refractivity contribution in [3.05, 3.63) is 23.8 Å². The third-order valence-electron chi connectivity index (χ3n) is 5.68. The molecule has 1 aliphatic carbocycles. The van der Waals surface area contributed by atoms with Crippen molar-refractivity contribution in [1.82, 2.24) is 4.90 Å². The van der Waals surface area contributed by atoms with E-state index in [9.17, 15) is 4.79 Å². The second-order valence-electron chi connectivity index (χ2n) is 7.12. The number of urea groups is 1. The fraction of sp³-hybridized carbons (Fsp3) is 0.632. The van der Waals surface area contributed by atoms with Gasteiger partial charge in [-0.25, -0.2) is 4.79 Å². The zero-order valence-electron chi connectivity index (χ0n) is 14.9. The summed E-state index contributed by atoms with van der Waals surface area (Å²) in [6, 6.07) is 5.70. The first-order valence-corrected chi connectivity index (χ1v) is 8.81. The number of ether oxygens (including phenoxy) is 2. The highest BCUT2D eigenvalue weighted by molar-refractivity contribution is 5.90. The Balaban J connectivity index is 1.69. The molecular weight excluding hydrogens is 304 g/mol. The fourth-order valence-corrected chi connectivity index (χ4v) is 4.37. The molecule has 2 fully saturated rings. The number of rotatable bonds is 3. The Labute approximate surface area is 144 Å². The van der Waals surface area contributed by atoms with Gasteiger partial charge in [-0.15, -0.1) is 0 Å². The number of carbonyl (C=O) groups excluding carboxylic acids is 1. The molecule has 5 heteroatoms. The maximum Gasteiger partial charge on any atom is 0.321 e. The number of nitrogens with one attached hydrogen (secondary N) is 1. The first-order chi connectivity index (χ1) is 11.6. The summed E-state index contributed by atoms with van der Waals surface area (Å²) < 4.78 is 10.9. The molecule has 1 aromatic rings. The van der Waals surface area contributed by atoms with Crippen molar-refractivity contribution in [3.8, 4) is 5.75 Å². The van der Waals surface area contributed by atoms with E-state index in [1.54, 1.807) is 14.2 Å². The van der Waals surface area contributed by atoms with E-state index in [1.807, 2.05) is 30.0 Å². The summed E-state index contributed by atoms with van der Waals surface area (Å²) in [5.41, 5.74) is 2.00. The standard InChI is InChI=1S/C19H28N2O3/c1-14-12-15(23-2)7-8-16(14)20-18(22)21-11-5-10-19(13-21)9-4-6-17(19)24-3/h7-8,12,17H,4-6,9-11,13H2,1-3H3,(H,20,22)/t17-,19-/m1/s1. The van der Waals surface area contributed by atoms with Gasteiger partial charge >= 0.3 is 6.03 Å². The third-order valence-corrected chi connectivity index (χ3v) is 5.68. The Morgan fingerprint density at radius 2 is 2.08 bits per heavy atom. The van der Waals surface area contributed by atoms with Gasteiger partial charge in [0, 0.05) is 31.3 Å². The largest absolute Gasteiger partial charge is 0.497 e. The van der Waals surface area contributed by atoms with E-state index in [-0.39, 0.29) is 17.6 Å². The van der Waals surface area contributed by atoms with Crippen molar-refractivity contribution in [2.75, 3.05) is 32.6 Å². The Kier molecular flexibility index (Phi) is 4.99. The molecule has 1 saturated carbocycles. The van der Waals surface area contributed by atoms with E-state index < -0.39 is 0 Å². The van der Waals surface area contributed by atoms with Gasteiger partial charge in [-0.1, -0.05) is 6.42 Å². The number of benzene rings is 1. The lowest BCUT2D eigenvalue weighted by Crippen LogP contribution is -2.51. The molecule has 1 aliphatic heterocycles. The van der Waals surface area contributed by atoms with Gasteiger partial charge in [0.25, 0.3) is 0 Å². The first-order valence-electron chi connectivity index (χ1n) is 8.81. The zero-order chi connectivity index (χ0) is 17.2. The van der Waals surface area contributed by atoms with Gasteiger partial charge in [-0.2, -0.15) is 0 Å². The van der Waals surface area contributed by atoms with Gasteiger partial charge in [0.1, 0.15) is 5.75 Å². The number of methoxy groups -OCH3 is 2. The van der Waals surface area contributed by atoms with Crippen molar-refractivity contribution in [3.63, 3.8) is 0 Å². The number of nitrogens with zero attached hydrogens (tertiary/aromatic N) is 1. The second kappa shape index (κ2) is 7.01. The van der Waals surface area contributed by atoms with Crippen LogP contribution in [0.25, 0.3) is 0 Å². The van der Waals surface area contributed by atoms with Crippen LogP contribution < -0.4 is 10.1 Å². The van der Waals surface area contributed by atoms with Crippen LogP contribution in [0.15, 0.2) is 18.2 Å². The highest BCUT2D eigenvalue weighted by atomic mass is 16.5. The SMILES string of the molecule is COc1ccc(NC(=O)N2CCC[C@]3(CCC[C@H]3OC)C2)c(C)c1. The monoisotopic (exact) mass is 332 g/mol. The van der Waals surface area contributed by atoms with Gasteiger partial charge in [-0.05, 0) is 56.4 Å². The number of amides is 2. The molecule has 0 unspecified atom stereocenters. The van der Waals surface area contributed by atoms with Crippen molar-refractivity contribution in [2.45, 2.75) is 45.1 Å². The lowest BCUT2D eigenvalue weighted by molar-refractivity contribution is -0.0244. The lowest BCUT2D eigenvalue weighted by Gasteiger charge is -2.43. The molecule has 2 atom stereocenters. The molecule has 0 radical (unpaired) electrons. The number of piperidine rings is 1. The molecular formula is C19H28N2O3. The summed E-state index contributed by atoms with van der Waals surface area (Å²) in [5.74, 6) is 0.802. The maximum absolute atomic E-state index is 12.8. The quantitative estimate of drug-likeness (QED) is 0.915. The van der Waals surface area contributed by atoms with Crippen molar-refractivity contribution >= 4 is 11.7 Å². The maximum atomic E-state index is 12.8. The predicted molar refractivity (Wildman–Crippen MR) is 94.6 cm³/mol. The summed E-state index contributed by atoms with van der Waals surface area (Å²) in [7, 11) is 3.45. The second-order valence-corrected chi connectivity index (χ2v) is 7.12. The normalized spacial score (nSPS) is 26.6. The molecule has 1 N–H and O–H groups in total. The van der Waals surface area contributed by atoms with Crippen LogP contribution in [0.3, 0.4) is 0 Å². The highest BCUT2D eigenvalue weighted by Gasteiger charge is 2.46. The molecule has 1 heterocycles. The minimum absolute atomic E-state index is 0.0101. The summed E-state index contributed by atoms with van der Waals surface area (Å²) in [4.78, 5) is 14.7. The van der Waals surface area contributed by atoms with E-state index in [1.165, 1.54) is 6.42 Å². The molecule has 0 aromatic heterocycles. The number of aryl methyl sites for hydroxylation is 1. The van der Waals surface area contributed by atoms with Crippen LogP contribution in [0.4, 0.5) is 10.5 Å². The molecule has 2 aliphatic rings. The molecule has 1 spiro atoms. The summed E-state index contributed by atoms with van der Waals surface area (Å²) in [5, 5.41) is 3.06. The number of carbonyl (C=O) groups is 1. The number of anilines is 1. The third kappa shape index (κ3) is 3.22. The van der Waals surface area contributed by atoms with Crippen LogP contribution in [0.1, 0.15) is 37.7 Å². The smallest absolute Gasteiger partial charge is 0.321 e. The fourth-order valence-electron chi connectivity index (χ4n) is 4.37. The van der Waals surface area contributed by atoms with Crippen LogP contribution in [0.5, 0.6) is 5.75 Å². The highest BCUT2D eigenvalue weighted by Crippen LogP contribution is 2.46. The van der Waals surface area contributed by atoms with Crippen molar-refractivity contribution in [2.24, 2.45) is 5.41 Å². The summed E-state index contributed by atoms with van der Waals surface area (Å²) in [6.45, 7) is 3.60. The molecule has 5 nitrogen and oxygen atoms in total. The summed E-state index contributed by atoms with van der Waals surface area (Å²) >= 11 is 0. The Bertz CT molecular complexity index is 604. The molecule has 24 heavy (non-hydrogen) atoms. The average Bonchev–Trinajstić information content (AvgIpc) is 2.98. The van der Waals surface area contributed by atoms with E-state index in [2.05, 4.69) is 5.32 Å². The van der Waals surface area contributed by atoms with Gasteiger partial charge in [-0.3, -0.25) is 0 Å². The predicted octanol–water partition coefficient (Wildman–Crippen LogP) is 3.82. The van der Waals surface area contributed by atoms with Crippen LogP contribution >= 0.6 is 0 Å². The minimum atomic E-state index is -0.0101. The van der Waals surface area contributed by atoms with Crippen LogP contribution in [-0.2, 0) is 4.74 Å². The van der Waals surface area contributed by atoms with Gasteiger partial charge in [0.2, 0.25) is 0 Å². The number of hydrogen-bond acceptors (Lipinski definition) is 3. The van der Waals surface area contributed by atoms with Crippen LogP contribution in [-0.4, -0.2) is 44.3 Å². The molecule has 2 amide bonds. The molecule has 1 saturated heterocycles. The molecule has 132 valence electrons. The zero-order valence-corrected chi connectivity index (χ0v) is 14.9. The van der Waals surface area contributed by atoms with Crippen molar-refractivity contribution in [1.29, 1.82) is 0 Å². The first kappa shape index (κ1) is 17.1. The van der Waals surface area contributed by atoms with Crippen LogP contribution in [0, 0.1) is 12.3 Å². The van der Waals surface area contributed by atoms with Gasteiger partial charge in [0.05, 0.1) is 13.2 Å². The molecule has 0 bridgehead atoms. The Morgan fingerprint density at radius 1 is 1.29 bits per heavy atom. The van der Waals surface area contributed by atoms with E-state index >= 15 is 0 Å². The number of likely N-dealkylation sites (tertiary alicyclic amines) is 1. The van der Waals surface area contributed by atoms with E-state index in [0.717, 1.165) is 55.8 Å². The Morgan fingerprint density at radius 3 is 2.79 bits per heavy atom. The lowest BCUT2D eigenvalue weighted by atomic mass is 9.76.